The Labute approximate surface area is 666 Å². The van der Waals surface area contributed by atoms with Gasteiger partial charge in [0.25, 0.3) is 0 Å². The van der Waals surface area contributed by atoms with Gasteiger partial charge in [0.1, 0.15) is 71.8 Å². The predicted octanol–water partition coefficient (Wildman–Crippen LogP) is 19.3. The summed E-state index contributed by atoms with van der Waals surface area (Å²) in [5, 5.41) is 75.0. The molecule has 36 heteroatoms. The molecule has 14 heterocycles. The summed E-state index contributed by atoms with van der Waals surface area (Å²) in [6.45, 7) is 70.5. The molecule has 0 spiro atoms. The zero-order valence-electron chi connectivity index (χ0n) is 73.8. The van der Waals surface area contributed by atoms with Crippen molar-refractivity contribution in [1.29, 1.82) is 0 Å². The summed E-state index contributed by atoms with van der Waals surface area (Å²) < 4.78 is 22.4. The maximum atomic E-state index is 4.86. The van der Waals surface area contributed by atoms with Crippen LogP contribution in [0.15, 0.2) is 132 Å². The largest absolute Gasteiger partial charge is 0.426 e. The third-order valence-electron chi connectivity index (χ3n) is 8.23. The summed E-state index contributed by atoms with van der Waals surface area (Å²) in [7, 11) is 5.59. The molecule has 109 heavy (non-hydrogen) atoms. The first-order chi connectivity index (χ1) is 52.7. The Morgan fingerprint density at radius 3 is 0.963 bits per heavy atom. The molecule has 620 valence electrons. The van der Waals surface area contributed by atoms with E-state index in [0.29, 0.717) is 23.5 Å². The smallest absolute Gasteiger partial charge is 0.223 e. The molecule has 14 aromatic rings. The minimum absolute atomic E-state index is 0.623. The van der Waals surface area contributed by atoms with E-state index in [4.69, 9.17) is 4.42 Å². The van der Waals surface area contributed by atoms with Gasteiger partial charge in [-0.05, 0) is 135 Å². The first kappa shape index (κ1) is 122. The SMILES string of the molecule is CC.CC.CC.CC.CC.CC.CC.CC.CC.CC.CC.Cc1ccn[nH]1.Cc1ccn[nH]1.Cc1ccns1.Cc1cn[nH]c1.Cc1cnsc1.Cc1ncn[nH]1.Cc1ncn[nH]1.Cc1ncn[nH]1.Cc1nnc(C)o1.Cc1nnc(C)s1.Cc1noc(C)n1.Cn1cccn1.Cn1cncn1.Cn1cnnc1. The van der Waals surface area contributed by atoms with E-state index in [2.05, 4.69) is 145 Å². The molecule has 0 fully saturated rings. The quantitative estimate of drug-likeness (QED) is 0.0821. The predicted molar refractivity (Wildman–Crippen MR) is 454 cm³/mol. The number of nitrogens with one attached hydrogen (secondary N) is 6. The lowest BCUT2D eigenvalue weighted by Gasteiger charge is -1.77. The molecule has 14 rings (SSSR count). The maximum absolute atomic E-state index is 4.86. The average Bonchev–Trinajstić information content (AvgIpc) is 1.84. The summed E-state index contributed by atoms with van der Waals surface area (Å²) in [6, 6.07) is 7.71. The first-order valence-corrected chi connectivity index (χ1v) is 39.0. The summed E-state index contributed by atoms with van der Waals surface area (Å²) in [5.74, 6) is 5.13. The van der Waals surface area contributed by atoms with Crippen LogP contribution in [0.3, 0.4) is 0 Å². The highest BCUT2D eigenvalue weighted by atomic mass is 32.1. The fraction of sp³-hybridized carbons (Fsp3) is 0.534. The number of H-pyrrole nitrogens is 6. The van der Waals surface area contributed by atoms with E-state index in [9.17, 15) is 0 Å². The molecule has 0 saturated heterocycles. The van der Waals surface area contributed by atoms with Gasteiger partial charge in [0.15, 0.2) is 5.82 Å². The molecule has 14 aromatic heterocycles. The average molecular weight is 1580 g/mol. The fourth-order valence-electron chi connectivity index (χ4n) is 4.36. The Balaban J connectivity index is -0.000000103. The highest BCUT2D eigenvalue weighted by molar-refractivity contribution is 7.11. The van der Waals surface area contributed by atoms with E-state index in [1.54, 1.807) is 103 Å². The standard InChI is InChI=1S/2C4H6N2O.C4H6N2S.4C4H6N2.2C4H5NS.5C3H5N3.11C2H6/c1-3-5-6-4(2)7-3;1-3-5-4(2)7-6-3;1-3-5-6-4(2)7-3;1-4-2-5-6-3-4;1-6-4-2-3-5-6;2*1-4-2-3-5-6-4;1-4-2-5-6-3-4;1-4-2-3-5-6-4;1-6-2-4-5-3-6;1-6-3-4-2-5-6;3*1-3-4-2-5-6-3;11*1-2/h3*1-2H3;2-3H,1H3,(H,5,6);2-4H,1H3;2*2-3H,1H3,(H,5,6);4*2-3H,1H3;3*2H,1H3,(H,4,5,6);11*1-2H3. The molecule has 0 aliphatic rings. The van der Waals surface area contributed by atoms with Crippen molar-refractivity contribution in [2.75, 3.05) is 0 Å². The lowest BCUT2D eigenvalue weighted by molar-refractivity contribution is 0.389. The molecule has 0 radical (unpaired) electrons. The van der Waals surface area contributed by atoms with Crippen LogP contribution >= 0.6 is 34.4 Å². The van der Waals surface area contributed by atoms with Gasteiger partial charge in [-0.3, -0.25) is 40.0 Å². The zero-order chi connectivity index (χ0) is 86.3. The molecule has 0 saturated carbocycles. The van der Waals surface area contributed by atoms with Crippen LogP contribution in [0.1, 0.15) is 231 Å². The maximum Gasteiger partial charge on any atom is 0.223 e. The van der Waals surface area contributed by atoms with Crippen LogP contribution in [-0.4, -0.2) is 155 Å². The van der Waals surface area contributed by atoms with Crippen LogP contribution in [0.2, 0.25) is 0 Å². The minimum Gasteiger partial charge on any atom is -0.426 e. The van der Waals surface area contributed by atoms with Crippen molar-refractivity contribution in [2.24, 2.45) is 21.1 Å². The molecule has 0 amide bonds. The molecular formula is C73H143N31O2S3. The third kappa shape index (κ3) is 102. The van der Waals surface area contributed by atoms with Crippen LogP contribution in [0.25, 0.3) is 0 Å². The Morgan fingerprint density at radius 1 is 0.413 bits per heavy atom. The Hall–Kier alpha value is -10.4. The van der Waals surface area contributed by atoms with Crippen LogP contribution in [0, 0.1) is 96.9 Å². The van der Waals surface area contributed by atoms with E-state index in [-0.39, 0.29) is 0 Å². The number of rotatable bonds is 0. The number of hydrogen-bond donors (Lipinski definition) is 6. The highest BCUT2D eigenvalue weighted by Gasteiger charge is 1.91. The van der Waals surface area contributed by atoms with E-state index in [1.807, 2.05) is 291 Å². The topological polar surface area (TPSA) is 419 Å². The second-order valence-electron chi connectivity index (χ2n) is 16.7. The lowest BCUT2D eigenvalue weighted by atomic mass is 10.4. The third-order valence-corrected chi connectivity index (χ3v) is 10.3. The van der Waals surface area contributed by atoms with E-state index >= 15 is 0 Å². The lowest BCUT2D eigenvalue weighted by Crippen LogP contribution is -1.83. The van der Waals surface area contributed by atoms with Crippen LogP contribution in [0.5, 0.6) is 0 Å². The monoisotopic (exact) mass is 1580 g/mol. The molecule has 0 unspecified atom stereocenters. The van der Waals surface area contributed by atoms with E-state index < -0.39 is 0 Å². The second-order valence-corrected chi connectivity index (χ2v) is 19.8. The highest BCUT2D eigenvalue weighted by Crippen LogP contribution is 2.04. The number of aromatic amines is 6. The van der Waals surface area contributed by atoms with Crippen molar-refractivity contribution in [3.8, 4) is 0 Å². The number of aromatic nitrogens is 31. The van der Waals surface area contributed by atoms with Gasteiger partial charge in [-0.2, -0.15) is 45.8 Å². The van der Waals surface area contributed by atoms with Crippen LogP contribution in [-0.2, 0) is 21.1 Å². The molecule has 6 N–H and O–H groups in total. The van der Waals surface area contributed by atoms with Crippen molar-refractivity contribution < 1.29 is 8.94 Å². The zero-order valence-corrected chi connectivity index (χ0v) is 76.2. The number of aryl methyl sites for hydroxylation is 17. The van der Waals surface area contributed by atoms with Crippen molar-refractivity contribution in [3.05, 3.63) is 202 Å². The van der Waals surface area contributed by atoms with Crippen molar-refractivity contribution >= 4 is 34.4 Å². The summed E-state index contributed by atoms with van der Waals surface area (Å²) in [4.78, 5) is 20.0. The van der Waals surface area contributed by atoms with Gasteiger partial charge in [0, 0.05) is 107 Å². The van der Waals surface area contributed by atoms with Gasteiger partial charge >= 0.3 is 0 Å². The van der Waals surface area contributed by atoms with Gasteiger partial charge in [-0.15, -0.1) is 41.9 Å². The van der Waals surface area contributed by atoms with E-state index in [0.717, 1.165) is 38.9 Å². The normalized spacial score (nSPS) is 7.77. The molecule has 0 aliphatic carbocycles. The second kappa shape index (κ2) is 104. The minimum atomic E-state index is 0.623. The summed E-state index contributed by atoms with van der Waals surface area (Å²) >= 11 is 4.64. The Morgan fingerprint density at radius 2 is 0.862 bits per heavy atom. The van der Waals surface area contributed by atoms with Gasteiger partial charge < -0.3 is 13.5 Å². The molecule has 0 bridgehead atoms. The van der Waals surface area contributed by atoms with Crippen molar-refractivity contribution in [2.45, 2.75) is 249 Å². The molecule has 0 aromatic carbocycles. The summed E-state index contributed by atoms with van der Waals surface area (Å²) in [6.07, 6.45) is 25.2. The molecular weight excluding hydrogens is 1440 g/mol. The molecule has 0 atom stereocenters. The van der Waals surface area contributed by atoms with Crippen molar-refractivity contribution in [1.82, 2.24) is 155 Å². The van der Waals surface area contributed by atoms with Gasteiger partial charge in [0.2, 0.25) is 17.7 Å². The Bertz CT molecular complexity index is 2740. The van der Waals surface area contributed by atoms with Crippen LogP contribution < -0.4 is 0 Å². The Kier molecular flexibility index (Phi) is 117. The number of hydrogen-bond acceptors (Lipinski definition) is 27. The van der Waals surface area contributed by atoms with Crippen LogP contribution in [0.4, 0.5) is 0 Å². The number of nitrogens with zero attached hydrogens (tertiary/aromatic N) is 25. The fourth-order valence-corrected chi connectivity index (χ4v) is 5.88. The van der Waals surface area contributed by atoms with Gasteiger partial charge in [-0.1, -0.05) is 157 Å². The van der Waals surface area contributed by atoms with E-state index in [1.165, 1.54) is 64.4 Å². The van der Waals surface area contributed by atoms with Gasteiger partial charge in [0.05, 0.1) is 6.20 Å². The molecule has 33 nitrogen and oxygen atoms in total. The van der Waals surface area contributed by atoms with Crippen molar-refractivity contribution in [3.63, 3.8) is 0 Å². The first-order valence-electron chi connectivity index (χ1n) is 36.6. The summed E-state index contributed by atoms with van der Waals surface area (Å²) in [5.41, 5.74) is 4.64. The molecule has 0 aliphatic heterocycles. The van der Waals surface area contributed by atoms with Gasteiger partial charge in [-0.25, -0.2) is 28.7 Å².